The van der Waals surface area contributed by atoms with E-state index in [1.54, 1.807) is 18.2 Å². The lowest BCUT2D eigenvalue weighted by Gasteiger charge is -2.12. The Balaban J connectivity index is 2.19. The van der Waals surface area contributed by atoms with Crippen LogP contribution in [0.15, 0.2) is 42.5 Å². The Bertz CT molecular complexity index is 591. The Labute approximate surface area is 112 Å². The van der Waals surface area contributed by atoms with Crippen LogP contribution in [0.2, 0.25) is 0 Å². The SMILES string of the molecule is Cc1ccc(CNc2c(N)cccc2C(N)=O)cc1. The van der Waals surface area contributed by atoms with E-state index >= 15 is 0 Å². The van der Waals surface area contributed by atoms with Crippen molar-refractivity contribution in [3.05, 3.63) is 59.2 Å². The third-order valence-electron chi connectivity index (χ3n) is 2.95. The van der Waals surface area contributed by atoms with Gasteiger partial charge in [0.05, 0.1) is 16.9 Å². The van der Waals surface area contributed by atoms with Gasteiger partial charge in [0.25, 0.3) is 5.91 Å². The zero-order valence-electron chi connectivity index (χ0n) is 10.8. The number of aryl methyl sites for hydroxylation is 1. The van der Waals surface area contributed by atoms with Crippen molar-refractivity contribution in [3.63, 3.8) is 0 Å². The predicted octanol–water partition coefficient (Wildman–Crippen LogP) is 2.29. The molecular weight excluding hydrogens is 238 g/mol. The molecule has 0 aromatic heterocycles. The Morgan fingerprint density at radius 2 is 1.84 bits per heavy atom. The molecule has 2 rings (SSSR count). The van der Waals surface area contributed by atoms with Gasteiger partial charge in [0, 0.05) is 6.54 Å². The van der Waals surface area contributed by atoms with Crippen molar-refractivity contribution in [2.75, 3.05) is 11.1 Å². The first-order valence-corrected chi connectivity index (χ1v) is 6.05. The molecule has 0 saturated carbocycles. The van der Waals surface area contributed by atoms with Crippen LogP contribution in [-0.4, -0.2) is 5.91 Å². The van der Waals surface area contributed by atoms with Crippen LogP contribution in [0.4, 0.5) is 11.4 Å². The van der Waals surface area contributed by atoms with Crippen LogP contribution in [-0.2, 0) is 6.54 Å². The number of nitrogen functional groups attached to an aromatic ring is 1. The molecule has 0 spiro atoms. The minimum absolute atomic E-state index is 0.409. The van der Waals surface area contributed by atoms with Crippen LogP contribution in [0.3, 0.4) is 0 Å². The Hall–Kier alpha value is -2.49. The summed E-state index contributed by atoms with van der Waals surface area (Å²) in [6, 6.07) is 13.3. The van der Waals surface area contributed by atoms with Gasteiger partial charge in [0.15, 0.2) is 0 Å². The summed E-state index contributed by atoms with van der Waals surface area (Å²) in [6.07, 6.45) is 0. The van der Waals surface area contributed by atoms with Crippen molar-refractivity contribution in [2.45, 2.75) is 13.5 Å². The number of hydrogen-bond acceptors (Lipinski definition) is 3. The molecule has 4 heteroatoms. The van der Waals surface area contributed by atoms with E-state index in [0.717, 1.165) is 5.56 Å². The first kappa shape index (κ1) is 13.0. The van der Waals surface area contributed by atoms with E-state index in [4.69, 9.17) is 11.5 Å². The fourth-order valence-electron chi connectivity index (χ4n) is 1.87. The van der Waals surface area contributed by atoms with Gasteiger partial charge >= 0.3 is 0 Å². The molecule has 2 aromatic rings. The number of primary amides is 1. The number of nitrogens with one attached hydrogen (secondary N) is 1. The fraction of sp³-hybridized carbons (Fsp3) is 0.133. The number of benzene rings is 2. The second-order valence-electron chi connectivity index (χ2n) is 4.47. The maximum absolute atomic E-state index is 11.4. The maximum atomic E-state index is 11.4. The minimum Gasteiger partial charge on any atom is -0.397 e. The molecule has 4 nitrogen and oxygen atoms in total. The number of anilines is 2. The predicted molar refractivity (Wildman–Crippen MR) is 77.9 cm³/mol. The number of rotatable bonds is 4. The number of amides is 1. The number of hydrogen-bond donors (Lipinski definition) is 3. The molecule has 0 fully saturated rings. The van der Waals surface area contributed by atoms with E-state index in [0.29, 0.717) is 23.5 Å². The molecule has 0 atom stereocenters. The van der Waals surface area contributed by atoms with Gasteiger partial charge in [0.1, 0.15) is 0 Å². The van der Waals surface area contributed by atoms with Crippen molar-refractivity contribution in [3.8, 4) is 0 Å². The van der Waals surface area contributed by atoms with Gasteiger partial charge in [-0.3, -0.25) is 4.79 Å². The Morgan fingerprint density at radius 1 is 1.16 bits per heavy atom. The molecule has 2 aromatic carbocycles. The number of para-hydroxylation sites is 1. The molecule has 0 saturated heterocycles. The van der Waals surface area contributed by atoms with Crippen molar-refractivity contribution < 1.29 is 4.79 Å². The molecular formula is C15H17N3O. The lowest BCUT2D eigenvalue weighted by atomic mass is 10.1. The second kappa shape index (κ2) is 5.44. The highest BCUT2D eigenvalue weighted by atomic mass is 16.1. The van der Waals surface area contributed by atoms with Gasteiger partial charge in [-0.1, -0.05) is 35.9 Å². The maximum Gasteiger partial charge on any atom is 0.250 e. The summed E-state index contributed by atoms with van der Waals surface area (Å²) in [5, 5.41) is 3.17. The smallest absolute Gasteiger partial charge is 0.250 e. The highest BCUT2D eigenvalue weighted by molar-refractivity contribution is 6.01. The third-order valence-corrected chi connectivity index (χ3v) is 2.95. The lowest BCUT2D eigenvalue weighted by Crippen LogP contribution is -2.15. The molecule has 5 N–H and O–H groups in total. The van der Waals surface area contributed by atoms with Gasteiger partial charge in [0.2, 0.25) is 0 Å². The number of carbonyl (C=O) groups excluding carboxylic acids is 1. The van der Waals surface area contributed by atoms with E-state index < -0.39 is 5.91 Å². The van der Waals surface area contributed by atoms with E-state index in [-0.39, 0.29) is 0 Å². The average Bonchev–Trinajstić information content (AvgIpc) is 2.39. The van der Waals surface area contributed by atoms with Crippen LogP contribution >= 0.6 is 0 Å². The molecule has 0 bridgehead atoms. The van der Waals surface area contributed by atoms with Crippen LogP contribution in [0.1, 0.15) is 21.5 Å². The van der Waals surface area contributed by atoms with E-state index in [2.05, 4.69) is 5.32 Å². The summed E-state index contributed by atoms with van der Waals surface area (Å²) < 4.78 is 0. The van der Waals surface area contributed by atoms with Crippen LogP contribution in [0.5, 0.6) is 0 Å². The molecule has 98 valence electrons. The first-order valence-electron chi connectivity index (χ1n) is 6.05. The fourth-order valence-corrected chi connectivity index (χ4v) is 1.87. The van der Waals surface area contributed by atoms with Crippen molar-refractivity contribution in [1.82, 2.24) is 0 Å². The molecule has 0 aliphatic heterocycles. The van der Waals surface area contributed by atoms with Gasteiger partial charge in [-0.2, -0.15) is 0 Å². The monoisotopic (exact) mass is 255 g/mol. The number of carbonyl (C=O) groups is 1. The summed E-state index contributed by atoms with van der Waals surface area (Å²) in [5.41, 5.74) is 15.1. The van der Waals surface area contributed by atoms with Crippen molar-refractivity contribution in [1.29, 1.82) is 0 Å². The zero-order chi connectivity index (χ0) is 13.8. The minimum atomic E-state index is -0.487. The molecule has 0 unspecified atom stereocenters. The molecule has 19 heavy (non-hydrogen) atoms. The summed E-state index contributed by atoms with van der Waals surface area (Å²) in [7, 11) is 0. The lowest BCUT2D eigenvalue weighted by molar-refractivity contribution is 0.100. The van der Waals surface area contributed by atoms with Gasteiger partial charge in [-0.05, 0) is 24.6 Å². The summed E-state index contributed by atoms with van der Waals surface area (Å²) in [4.78, 5) is 11.4. The highest BCUT2D eigenvalue weighted by Gasteiger charge is 2.10. The van der Waals surface area contributed by atoms with Gasteiger partial charge < -0.3 is 16.8 Å². The standard InChI is InChI=1S/C15H17N3O/c1-10-5-7-11(8-6-10)9-18-14-12(15(17)19)3-2-4-13(14)16/h2-8,18H,9,16H2,1H3,(H2,17,19). The summed E-state index contributed by atoms with van der Waals surface area (Å²) in [5.74, 6) is -0.487. The van der Waals surface area contributed by atoms with Gasteiger partial charge in [-0.15, -0.1) is 0 Å². The highest BCUT2D eigenvalue weighted by Crippen LogP contribution is 2.23. The summed E-state index contributed by atoms with van der Waals surface area (Å²) >= 11 is 0. The Kier molecular flexibility index (Phi) is 3.71. The van der Waals surface area contributed by atoms with E-state index in [1.807, 2.05) is 31.2 Å². The number of nitrogens with two attached hydrogens (primary N) is 2. The molecule has 1 amide bonds. The molecule has 0 aliphatic rings. The summed E-state index contributed by atoms with van der Waals surface area (Å²) in [6.45, 7) is 2.63. The molecule has 0 aliphatic carbocycles. The average molecular weight is 255 g/mol. The van der Waals surface area contributed by atoms with Crippen LogP contribution in [0.25, 0.3) is 0 Å². The first-order chi connectivity index (χ1) is 9.08. The van der Waals surface area contributed by atoms with E-state index in [1.165, 1.54) is 5.56 Å². The third kappa shape index (κ3) is 3.04. The largest absolute Gasteiger partial charge is 0.397 e. The van der Waals surface area contributed by atoms with Gasteiger partial charge in [-0.25, -0.2) is 0 Å². The van der Waals surface area contributed by atoms with Crippen LogP contribution in [0, 0.1) is 6.92 Å². The topological polar surface area (TPSA) is 81.1 Å². The quantitative estimate of drug-likeness (QED) is 0.733. The van der Waals surface area contributed by atoms with Crippen molar-refractivity contribution >= 4 is 17.3 Å². The second-order valence-corrected chi connectivity index (χ2v) is 4.47. The van der Waals surface area contributed by atoms with Crippen molar-refractivity contribution in [2.24, 2.45) is 5.73 Å². The molecule has 0 radical (unpaired) electrons. The zero-order valence-corrected chi connectivity index (χ0v) is 10.8. The normalized spacial score (nSPS) is 10.2. The van der Waals surface area contributed by atoms with E-state index in [9.17, 15) is 4.79 Å². The molecule has 0 heterocycles. The Morgan fingerprint density at radius 3 is 2.47 bits per heavy atom. The van der Waals surface area contributed by atoms with Crippen LogP contribution < -0.4 is 16.8 Å².